The first kappa shape index (κ1) is 12.3. The standard InChI is InChI=1S/C9H8Br2ClN3O/c10-2-5-1-7(16)15(4-5)9-8(11)14-6(12)3-13-9/h3,5H,1-2,4H2. The highest BCUT2D eigenvalue weighted by Gasteiger charge is 2.32. The summed E-state index contributed by atoms with van der Waals surface area (Å²) in [6, 6.07) is 0. The fourth-order valence-electron chi connectivity index (χ4n) is 1.61. The van der Waals surface area contributed by atoms with Crippen LogP contribution in [0.3, 0.4) is 0 Å². The third-order valence-corrected chi connectivity index (χ3v) is 3.99. The van der Waals surface area contributed by atoms with Gasteiger partial charge in [0.2, 0.25) is 5.91 Å². The average molecular weight is 369 g/mol. The third kappa shape index (κ3) is 2.38. The van der Waals surface area contributed by atoms with Crippen LogP contribution in [-0.2, 0) is 4.79 Å². The molecule has 2 rings (SSSR count). The maximum atomic E-state index is 11.8. The molecule has 1 amide bonds. The summed E-state index contributed by atoms with van der Waals surface area (Å²) in [5.41, 5.74) is 0. The molecule has 0 N–H and O–H groups in total. The smallest absolute Gasteiger partial charge is 0.228 e. The minimum absolute atomic E-state index is 0.0711. The number of amides is 1. The SMILES string of the molecule is O=C1CC(CBr)CN1c1ncc(Cl)nc1Br. The summed E-state index contributed by atoms with van der Waals surface area (Å²) in [6.07, 6.45) is 1.98. The van der Waals surface area contributed by atoms with Gasteiger partial charge in [-0.3, -0.25) is 9.69 Å². The first-order valence-corrected chi connectivity index (χ1v) is 6.95. The summed E-state index contributed by atoms with van der Waals surface area (Å²) >= 11 is 12.4. The molecule has 1 aromatic rings. The molecular formula is C9H8Br2ClN3O. The van der Waals surface area contributed by atoms with E-state index in [-0.39, 0.29) is 5.91 Å². The molecule has 0 bridgehead atoms. The summed E-state index contributed by atoms with van der Waals surface area (Å²) in [4.78, 5) is 21.5. The van der Waals surface area contributed by atoms with Crippen LogP contribution in [0.25, 0.3) is 0 Å². The number of carbonyl (C=O) groups is 1. The van der Waals surface area contributed by atoms with E-state index in [0.29, 0.717) is 34.5 Å². The number of aromatic nitrogens is 2. The van der Waals surface area contributed by atoms with Gasteiger partial charge in [-0.25, -0.2) is 9.97 Å². The summed E-state index contributed by atoms with van der Waals surface area (Å²) in [5.74, 6) is 0.941. The number of rotatable bonds is 2. The van der Waals surface area contributed by atoms with Gasteiger partial charge >= 0.3 is 0 Å². The van der Waals surface area contributed by atoms with Gasteiger partial charge < -0.3 is 0 Å². The van der Waals surface area contributed by atoms with Crippen LogP contribution in [0.1, 0.15) is 6.42 Å². The lowest BCUT2D eigenvalue weighted by atomic mass is 10.2. The Morgan fingerprint density at radius 3 is 2.94 bits per heavy atom. The number of hydrogen-bond donors (Lipinski definition) is 0. The predicted octanol–water partition coefficient (Wildman–Crippen LogP) is 2.64. The van der Waals surface area contributed by atoms with E-state index in [1.165, 1.54) is 6.20 Å². The van der Waals surface area contributed by atoms with Crippen molar-refractivity contribution in [1.82, 2.24) is 9.97 Å². The quantitative estimate of drug-likeness (QED) is 0.753. The van der Waals surface area contributed by atoms with E-state index in [1.807, 2.05) is 0 Å². The molecule has 1 saturated heterocycles. The Labute approximate surface area is 115 Å². The number of nitrogens with zero attached hydrogens (tertiary/aromatic N) is 3. The zero-order chi connectivity index (χ0) is 11.7. The molecule has 16 heavy (non-hydrogen) atoms. The number of halogens is 3. The van der Waals surface area contributed by atoms with Gasteiger partial charge in [-0.15, -0.1) is 0 Å². The Bertz CT molecular complexity index is 429. The van der Waals surface area contributed by atoms with Crippen molar-refractivity contribution in [2.45, 2.75) is 6.42 Å². The first-order valence-electron chi connectivity index (χ1n) is 4.66. The molecule has 1 fully saturated rings. The maximum Gasteiger partial charge on any atom is 0.228 e. The zero-order valence-corrected chi connectivity index (χ0v) is 12.1. The molecule has 1 atom stereocenters. The molecule has 0 aromatic carbocycles. The second-order valence-corrected chi connectivity index (χ2v) is 5.32. The topological polar surface area (TPSA) is 46.1 Å². The lowest BCUT2D eigenvalue weighted by Gasteiger charge is -2.15. The van der Waals surface area contributed by atoms with Gasteiger partial charge in [0, 0.05) is 18.3 Å². The highest BCUT2D eigenvalue weighted by Crippen LogP contribution is 2.29. The Hall–Kier alpha value is -0.200. The van der Waals surface area contributed by atoms with Gasteiger partial charge in [0.1, 0.15) is 5.15 Å². The highest BCUT2D eigenvalue weighted by molar-refractivity contribution is 9.10. The van der Waals surface area contributed by atoms with Crippen molar-refractivity contribution in [3.05, 3.63) is 16.0 Å². The fourth-order valence-corrected chi connectivity index (χ4v) is 2.79. The van der Waals surface area contributed by atoms with E-state index in [1.54, 1.807) is 4.90 Å². The number of hydrogen-bond acceptors (Lipinski definition) is 3. The molecule has 86 valence electrons. The largest absolute Gasteiger partial charge is 0.294 e. The van der Waals surface area contributed by atoms with E-state index >= 15 is 0 Å². The van der Waals surface area contributed by atoms with Gasteiger partial charge in [-0.05, 0) is 21.8 Å². The Morgan fingerprint density at radius 1 is 1.62 bits per heavy atom. The van der Waals surface area contributed by atoms with Gasteiger partial charge in [-0.2, -0.15) is 0 Å². The molecule has 0 aliphatic carbocycles. The Morgan fingerprint density at radius 2 is 2.38 bits per heavy atom. The van der Waals surface area contributed by atoms with Gasteiger partial charge in [0.15, 0.2) is 10.4 Å². The van der Waals surface area contributed by atoms with E-state index in [0.717, 1.165) is 5.33 Å². The minimum atomic E-state index is 0.0711. The monoisotopic (exact) mass is 367 g/mol. The summed E-state index contributed by atoms with van der Waals surface area (Å²) in [6.45, 7) is 0.666. The van der Waals surface area contributed by atoms with Crippen LogP contribution in [0.15, 0.2) is 10.8 Å². The molecule has 1 unspecified atom stereocenters. The Kier molecular flexibility index (Phi) is 3.81. The van der Waals surface area contributed by atoms with Crippen LogP contribution in [0.2, 0.25) is 5.15 Å². The van der Waals surface area contributed by atoms with Crippen molar-refractivity contribution >= 4 is 55.2 Å². The lowest BCUT2D eigenvalue weighted by Crippen LogP contribution is -2.26. The molecule has 0 spiro atoms. The minimum Gasteiger partial charge on any atom is -0.294 e. The van der Waals surface area contributed by atoms with Crippen molar-refractivity contribution < 1.29 is 4.79 Å². The van der Waals surface area contributed by atoms with E-state index in [4.69, 9.17) is 11.6 Å². The molecule has 0 saturated carbocycles. The summed E-state index contributed by atoms with van der Waals surface area (Å²) in [5, 5.41) is 1.12. The third-order valence-electron chi connectivity index (χ3n) is 2.36. The molecule has 1 aromatic heterocycles. The normalized spacial score (nSPS) is 20.6. The number of anilines is 1. The van der Waals surface area contributed by atoms with Crippen LogP contribution in [0.5, 0.6) is 0 Å². The van der Waals surface area contributed by atoms with E-state index in [9.17, 15) is 4.79 Å². The van der Waals surface area contributed by atoms with Crippen molar-refractivity contribution in [1.29, 1.82) is 0 Å². The molecule has 0 radical (unpaired) electrons. The second-order valence-electron chi connectivity index (χ2n) is 3.54. The fraction of sp³-hybridized carbons (Fsp3) is 0.444. The second kappa shape index (κ2) is 4.98. The molecule has 1 aliphatic rings. The molecule has 4 nitrogen and oxygen atoms in total. The van der Waals surface area contributed by atoms with Gasteiger partial charge in [0.05, 0.1) is 6.20 Å². The zero-order valence-electron chi connectivity index (χ0n) is 8.16. The highest BCUT2D eigenvalue weighted by atomic mass is 79.9. The number of carbonyl (C=O) groups excluding carboxylic acids is 1. The van der Waals surface area contributed by atoms with Gasteiger partial charge in [-0.1, -0.05) is 27.5 Å². The van der Waals surface area contributed by atoms with E-state index < -0.39 is 0 Å². The molecule has 2 heterocycles. The Balaban J connectivity index is 2.28. The average Bonchev–Trinajstić information content (AvgIpc) is 2.60. The van der Waals surface area contributed by atoms with E-state index in [2.05, 4.69) is 41.8 Å². The van der Waals surface area contributed by atoms with Crippen molar-refractivity contribution in [3.63, 3.8) is 0 Å². The summed E-state index contributed by atoms with van der Waals surface area (Å²) < 4.78 is 0.503. The van der Waals surface area contributed by atoms with Crippen LogP contribution in [0.4, 0.5) is 5.82 Å². The van der Waals surface area contributed by atoms with Crippen LogP contribution in [0, 0.1) is 5.92 Å². The summed E-state index contributed by atoms with van der Waals surface area (Å²) in [7, 11) is 0. The van der Waals surface area contributed by atoms with Gasteiger partial charge in [0.25, 0.3) is 0 Å². The molecule has 7 heteroatoms. The van der Waals surface area contributed by atoms with Crippen LogP contribution in [-0.4, -0.2) is 27.7 Å². The molecular weight excluding hydrogens is 361 g/mol. The van der Waals surface area contributed by atoms with Crippen molar-refractivity contribution in [2.75, 3.05) is 16.8 Å². The van der Waals surface area contributed by atoms with Crippen LogP contribution < -0.4 is 4.90 Å². The van der Waals surface area contributed by atoms with Crippen LogP contribution >= 0.6 is 43.5 Å². The number of alkyl halides is 1. The van der Waals surface area contributed by atoms with Crippen molar-refractivity contribution in [2.24, 2.45) is 5.92 Å². The maximum absolute atomic E-state index is 11.8. The lowest BCUT2D eigenvalue weighted by molar-refractivity contribution is -0.117. The molecule has 1 aliphatic heterocycles. The first-order chi connectivity index (χ1) is 7.61. The predicted molar refractivity (Wildman–Crippen MR) is 69.0 cm³/mol. The van der Waals surface area contributed by atoms with Crippen molar-refractivity contribution in [3.8, 4) is 0 Å².